The zero-order valence-electron chi connectivity index (χ0n) is 11.6. The van der Waals surface area contributed by atoms with Crippen LogP contribution >= 0.6 is 0 Å². The minimum atomic E-state index is -0.684. The second-order valence-corrected chi connectivity index (χ2v) is 6.10. The van der Waals surface area contributed by atoms with E-state index in [1.807, 2.05) is 0 Å². The Morgan fingerprint density at radius 2 is 2.05 bits per heavy atom. The monoisotopic (exact) mass is 261 g/mol. The summed E-state index contributed by atoms with van der Waals surface area (Å²) in [5.74, 6) is 0.434. The minimum absolute atomic E-state index is 0.0999. The maximum atomic E-state index is 14.5. The van der Waals surface area contributed by atoms with Crippen LogP contribution in [-0.4, -0.2) is 18.8 Å². The maximum absolute atomic E-state index is 14.5. The molecule has 1 aliphatic heterocycles. The molecule has 1 nitrogen and oxygen atoms in total. The SMILES string of the molecule is FC(CC1CCCc2ccccc21)C1CCCCN1. The van der Waals surface area contributed by atoms with Crippen LogP contribution in [0, 0.1) is 0 Å². The van der Waals surface area contributed by atoms with Crippen LogP contribution in [0.1, 0.15) is 55.6 Å². The summed E-state index contributed by atoms with van der Waals surface area (Å²) in [4.78, 5) is 0. The number of fused-ring (bicyclic) bond motifs is 1. The highest BCUT2D eigenvalue weighted by Gasteiger charge is 2.28. The van der Waals surface area contributed by atoms with Gasteiger partial charge in [0.15, 0.2) is 0 Å². The molecular weight excluding hydrogens is 237 g/mol. The van der Waals surface area contributed by atoms with Crippen molar-refractivity contribution in [2.75, 3.05) is 6.54 Å². The van der Waals surface area contributed by atoms with Gasteiger partial charge in [0.25, 0.3) is 0 Å². The summed E-state index contributed by atoms with van der Waals surface area (Å²) < 4.78 is 14.5. The predicted octanol–water partition coefficient (Wildman–Crippen LogP) is 3.98. The lowest BCUT2D eigenvalue weighted by molar-refractivity contribution is 0.192. The molecule has 0 amide bonds. The van der Waals surface area contributed by atoms with Gasteiger partial charge in [-0.2, -0.15) is 0 Å². The molecule has 1 heterocycles. The van der Waals surface area contributed by atoms with Gasteiger partial charge in [-0.05, 0) is 62.1 Å². The van der Waals surface area contributed by atoms with Crippen LogP contribution in [0.3, 0.4) is 0 Å². The Morgan fingerprint density at radius 3 is 2.89 bits per heavy atom. The van der Waals surface area contributed by atoms with Gasteiger partial charge in [-0.3, -0.25) is 0 Å². The number of hydrogen-bond donors (Lipinski definition) is 1. The van der Waals surface area contributed by atoms with Gasteiger partial charge in [-0.1, -0.05) is 30.7 Å². The van der Waals surface area contributed by atoms with Gasteiger partial charge >= 0.3 is 0 Å². The number of nitrogens with one attached hydrogen (secondary N) is 1. The van der Waals surface area contributed by atoms with Gasteiger partial charge in [-0.15, -0.1) is 0 Å². The van der Waals surface area contributed by atoms with Crippen LogP contribution in [0.5, 0.6) is 0 Å². The average Bonchev–Trinajstić information content (AvgIpc) is 2.48. The smallest absolute Gasteiger partial charge is 0.116 e. The lowest BCUT2D eigenvalue weighted by Crippen LogP contribution is -2.41. The second kappa shape index (κ2) is 6.04. The molecule has 1 N–H and O–H groups in total. The first-order chi connectivity index (χ1) is 9.34. The van der Waals surface area contributed by atoms with Crippen molar-refractivity contribution in [1.82, 2.24) is 5.32 Å². The summed E-state index contributed by atoms with van der Waals surface area (Å²) in [7, 11) is 0. The molecule has 1 fully saturated rings. The van der Waals surface area contributed by atoms with E-state index in [0.717, 1.165) is 19.4 Å². The summed E-state index contributed by atoms with van der Waals surface area (Å²) in [6, 6.07) is 8.73. The first-order valence-electron chi connectivity index (χ1n) is 7.80. The predicted molar refractivity (Wildman–Crippen MR) is 77.3 cm³/mol. The van der Waals surface area contributed by atoms with Gasteiger partial charge in [0.2, 0.25) is 0 Å². The molecule has 104 valence electrons. The molecule has 1 aromatic carbocycles. The van der Waals surface area contributed by atoms with E-state index in [1.54, 1.807) is 0 Å². The zero-order valence-corrected chi connectivity index (χ0v) is 11.6. The molecule has 2 aliphatic rings. The van der Waals surface area contributed by atoms with Crippen molar-refractivity contribution in [1.29, 1.82) is 0 Å². The number of aryl methyl sites for hydroxylation is 1. The molecule has 3 unspecified atom stereocenters. The maximum Gasteiger partial charge on any atom is 0.116 e. The van der Waals surface area contributed by atoms with Crippen LogP contribution in [-0.2, 0) is 6.42 Å². The van der Waals surface area contributed by atoms with E-state index in [4.69, 9.17) is 0 Å². The number of hydrogen-bond acceptors (Lipinski definition) is 1. The molecule has 0 aromatic heterocycles. The zero-order chi connectivity index (χ0) is 13.1. The molecule has 0 radical (unpaired) electrons. The highest BCUT2D eigenvalue weighted by atomic mass is 19.1. The van der Waals surface area contributed by atoms with E-state index in [-0.39, 0.29) is 6.04 Å². The third-order valence-electron chi connectivity index (χ3n) is 4.79. The van der Waals surface area contributed by atoms with Crippen LogP contribution in [0.2, 0.25) is 0 Å². The summed E-state index contributed by atoms with van der Waals surface area (Å²) in [5, 5.41) is 3.36. The molecule has 3 atom stereocenters. The van der Waals surface area contributed by atoms with E-state index in [9.17, 15) is 4.39 Å². The molecule has 2 heteroatoms. The molecule has 0 saturated carbocycles. The largest absolute Gasteiger partial charge is 0.311 e. The Hall–Kier alpha value is -0.890. The quantitative estimate of drug-likeness (QED) is 0.868. The highest BCUT2D eigenvalue weighted by molar-refractivity contribution is 5.32. The molecule has 0 bridgehead atoms. The fraction of sp³-hybridized carbons (Fsp3) is 0.647. The van der Waals surface area contributed by atoms with Crippen molar-refractivity contribution in [3.05, 3.63) is 35.4 Å². The van der Waals surface area contributed by atoms with Crippen molar-refractivity contribution in [3.63, 3.8) is 0 Å². The summed E-state index contributed by atoms with van der Waals surface area (Å²) in [6.07, 6.45) is 6.96. The Morgan fingerprint density at radius 1 is 1.16 bits per heavy atom. The molecule has 1 saturated heterocycles. The molecule has 3 rings (SSSR count). The molecule has 1 aliphatic carbocycles. The van der Waals surface area contributed by atoms with Gasteiger partial charge in [0.05, 0.1) is 0 Å². The van der Waals surface area contributed by atoms with Crippen LogP contribution in [0.25, 0.3) is 0 Å². The lowest BCUT2D eigenvalue weighted by Gasteiger charge is -2.31. The normalized spacial score (nSPS) is 28.7. The first-order valence-corrected chi connectivity index (χ1v) is 7.80. The number of alkyl halides is 1. The number of benzene rings is 1. The van der Waals surface area contributed by atoms with Crippen molar-refractivity contribution in [3.8, 4) is 0 Å². The Bertz CT molecular complexity index is 411. The third-order valence-corrected chi connectivity index (χ3v) is 4.79. The number of piperidine rings is 1. The molecular formula is C17H24FN. The third kappa shape index (κ3) is 3.00. The standard InChI is InChI=1S/C17H24FN/c18-16(17-10-3-4-11-19-17)12-14-8-5-7-13-6-1-2-9-15(13)14/h1-2,6,9,14,16-17,19H,3-5,7-8,10-12H2. The van der Waals surface area contributed by atoms with Gasteiger partial charge in [0, 0.05) is 6.04 Å². The Balaban J connectivity index is 1.66. The van der Waals surface area contributed by atoms with E-state index in [2.05, 4.69) is 29.6 Å². The fourth-order valence-electron chi connectivity index (χ4n) is 3.72. The topological polar surface area (TPSA) is 12.0 Å². The number of halogens is 1. The minimum Gasteiger partial charge on any atom is -0.311 e. The van der Waals surface area contributed by atoms with Crippen LogP contribution in [0.4, 0.5) is 4.39 Å². The van der Waals surface area contributed by atoms with E-state index in [1.165, 1.54) is 36.8 Å². The lowest BCUT2D eigenvalue weighted by atomic mass is 9.79. The van der Waals surface area contributed by atoms with Crippen LogP contribution < -0.4 is 5.32 Å². The fourth-order valence-corrected chi connectivity index (χ4v) is 3.72. The highest BCUT2D eigenvalue weighted by Crippen LogP contribution is 2.36. The van der Waals surface area contributed by atoms with Crippen LogP contribution in [0.15, 0.2) is 24.3 Å². The van der Waals surface area contributed by atoms with Gasteiger partial charge in [0.1, 0.15) is 6.17 Å². The van der Waals surface area contributed by atoms with Gasteiger partial charge < -0.3 is 5.32 Å². The molecule has 0 spiro atoms. The summed E-state index contributed by atoms with van der Waals surface area (Å²) in [6.45, 7) is 0.992. The Labute approximate surface area is 115 Å². The van der Waals surface area contributed by atoms with Gasteiger partial charge in [-0.25, -0.2) is 4.39 Å². The second-order valence-electron chi connectivity index (χ2n) is 6.10. The van der Waals surface area contributed by atoms with E-state index < -0.39 is 6.17 Å². The Kier molecular flexibility index (Phi) is 4.17. The summed E-state index contributed by atoms with van der Waals surface area (Å²) >= 11 is 0. The number of rotatable bonds is 3. The molecule has 1 aromatic rings. The summed E-state index contributed by atoms with van der Waals surface area (Å²) in [5.41, 5.74) is 2.86. The molecule has 19 heavy (non-hydrogen) atoms. The van der Waals surface area contributed by atoms with Crippen molar-refractivity contribution < 1.29 is 4.39 Å². The van der Waals surface area contributed by atoms with Crippen molar-refractivity contribution in [2.45, 2.75) is 63.1 Å². The van der Waals surface area contributed by atoms with E-state index >= 15 is 0 Å². The van der Waals surface area contributed by atoms with Crippen molar-refractivity contribution in [2.24, 2.45) is 0 Å². The van der Waals surface area contributed by atoms with Crippen molar-refractivity contribution >= 4 is 0 Å². The average molecular weight is 261 g/mol. The first kappa shape index (κ1) is 13.1. The van der Waals surface area contributed by atoms with E-state index in [0.29, 0.717) is 12.3 Å².